The standard InChI is InChI=1S/C13H9IO2/c14-12-7-6-10(15)8-11(12)13(16)9-4-2-1-3-5-9/h1-8,15H. The van der Waals surface area contributed by atoms with Gasteiger partial charge in [-0.1, -0.05) is 30.3 Å². The molecule has 16 heavy (non-hydrogen) atoms. The number of rotatable bonds is 2. The highest BCUT2D eigenvalue weighted by Gasteiger charge is 2.12. The predicted molar refractivity (Wildman–Crippen MR) is 70.7 cm³/mol. The van der Waals surface area contributed by atoms with Crippen molar-refractivity contribution in [3.63, 3.8) is 0 Å². The minimum atomic E-state index is -0.0686. The smallest absolute Gasteiger partial charge is 0.194 e. The molecule has 0 saturated heterocycles. The van der Waals surface area contributed by atoms with Gasteiger partial charge in [-0.3, -0.25) is 4.79 Å². The Kier molecular flexibility index (Phi) is 3.24. The first kappa shape index (κ1) is 11.1. The number of ketones is 1. The van der Waals surface area contributed by atoms with Crippen molar-refractivity contribution in [2.75, 3.05) is 0 Å². The van der Waals surface area contributed by atoms with Crippen molar-refractivity contribution < 1.29 is 9.90 Å². The number of carbonyl (C=O) groups excluding carboxylic acids is 1. The van der Waals surface area contributed by atoms with E-state index in [1.807, 2.05) is 18.2 Å². The summed E-state index contributed by atoms with van der Waals surface area (Å²) in [4.78, 5) is 12.1. The molecule has 3 heteroatoms. The van der Waals surface area contributed by atoms with Crippen molar-refractivity contribution in [1.82, 2.24) is 0 Å². The molecule has 2 aromatic carbocycles. The highest BCUT2D eigenvalue weighted by molar-refractivity contribution is 14.1. The third-order valence-corrected chi connectivity index (χ3v) is 3.17. The molecule has 0 aliphatic heterocycles. The fourth-order valence-corrected chi connectivity index (χ4v) is 2.01. The molecule has 0 aliphatic rings. The van der Waals surface area contributed by atoms with Gasteiger partial charge in [-0.25, -0.2) is 0 Å². The quantitative estimate of drug-likeness (QED) is 0.680. The van der Waals surface area contributed by atoms with Crippen LogP contribution in [0.4, 0.5) is 0 Å². The lowest BCUT2D eigenvalue weighted by Gasteiger charge is -2.04. The van der Waals surface area contributed by atoms with Gasteiger partial charge in [0.2, 0.25) is 0 Å². The summed E-state index contributed by atoms with van der Waals surface area (Å²) in [5.41, 5.74) is 1.16. The Morgan fingerprint density at radius 1 is 1.06 bits per heavy atom. The number of phenols is 1. The Morgan fingerprint density at radius 3 is 2.44 bits per heavy atom. The fraction of sp³-hybridized carbons (Fsp3) is 0. The number of phenolic OH excluding ortho intramolecular Hbond substituents is 1. The highest BCUT2D eigenvalue weighted by atomic mass is 127. The second kappa shape index (κ2) is 4.65. The van der Waals surface area contributed by atoms with Gasteiger partial charge in [-0.2, -0.15) is 0 Å². The maximum absolute atomic E-state index is 12.1. The third kappa shape index (κ3) is 2.24. The van der Waals surface area contributed by atoms with Gasteiger partial charge >= 0.3 is 0 Å². The molecule has 0 fully saturated rings. The number of hydrogen-bond acceptors (Lipinski definition) is 2. The van der Waals surface area contributed by atoms with E-state index in [0.29, 0.717) is 11.1 Å². The van der Waals surface area contributed by atoms with Crippen LogP contribution in [-0.4, -0.2) is 10.9 Å². The average Bonchev–Trinajstić information content (AvgIpc) is 2.32. The van der Waals surface area contributed by atoms with Crippen LogP contribution in [0.25, 0.3) is 0 Å². The van der Waals surface area contributed by atoms with Gasteiger partial charge in [0.25, 0.3) is 0 Å². The van der Waals surface area contributed by atoms with E-state index in [9.17, 15) is 9.90 Å². The molecule has 2 rings (SSSR count). The van der Waals surface area contributed by atoms with Crippen LogP contribution in [0.3, 0.4) is 0 Å². The monoisotopic (exact) mass is 324 g/mol. The van der Waals surface area contributed by atoms with Gasteiger partial charge in [-0.15, -0.1) is 0 Å². The van der Waals surface area contributed by atoms with Gasteiger partial charge in [-0.05, 0) is 40.8 Å². The number of benzene rings is 2. The number of hydrogen-bond donors (Lipinski definition) is 1. The number of carbonyl (C=O) groups is 1. The van der Waals surface area contributed by atoms with Crippen molar-refractivity contribution in [3.05, 3.63) is 63.2 Å². The Balaban J connectivity index is 2.46. The lowest BCUT2D eigenvalue weighted by Crippen LogP contribution is -2.03. The van der Waals surface area contributed by atoms with Gasteiger partial charge < -0.3 is 5.11 Å². The normalized spacial score (nSPS) is 10.1. The molecular weight excluding hydrogens is 315 g/mol. The van der Waals surface area contributed by atoms with E-state index in [1.54, 1.807) is 24.3 Å². The summed E-state index contributed by atoms with van der Waals surface area (Å²) in [5.74, 6) is 0.0422. The predicted octanol–water partition coefficient (Wildman–Crippen LogP) is 3.23. The minimum absolute atomic E-state index is 0.0686. The van der Waals surface area contributed by atoms with Crippen LogP contribution >= 0.6 is 22.6 Å². The first-order valence-corrected chi connectivity index (χ1v) is 5.84. The molecule has 0 aliphatic carbocycles. The van der Waals surface area contributed by atoms with Crippen LogP contribution in [0.2, 0.25) is 0 Å². The number of aromatic hydroxyl groups is 1. The van der Waals surface area contributed by atoms with E-state index in [4.69, 9.17) is 0 Å². The van der Waals surface area contributed by atoms with Gasteiger partial charge in [0.05, 0.1) is 0 Å². The van der Waals surface area contributed by atoms with E-state index in [-0.39, 0.29) is 11.5 Å². The summed E-state index contributed by atoms with van der Waals surface area (Å²) in [6, 6.07) is 13.8. The van der Waals surface area contributed by atoms with E-state index >= 15 is 0 Å². The summed E-state index contributed by atoms with van der Waals surface area (Å²) in [5, 5.41) is 9.38. The molecule has 2 nitrogen and oxygen atoms in total. The minimum Gasteiger partial charge on any atom is -0.508 e. The van der Waals surface area contributed by atoms with Crippen LogP contribution in [-0.2, 0) is 0 Å². The van der Waals surface area contributed by atoms with Crippen molar-refractivity contribution in [2.45, 2.75) is 0 Å². The summed E-state index contributed by atoms with van der Waals surface area (Å²) in [6.45, 7) is 0. The maximum atomic E-state index is 12.1. The molecule has 1 N–H and O–H groups in total. The van der Waals surface area contributed by atoms with Crippen molar-refractivity contribution in [1.29, 1.82) is 0 Å². The highest BCUT2D eigenvalue weighted by Crippen LogP contribution is 2.21. The zero-order chi connectivity index (χ0) is 11.5. The molecule has 0 heterocycles. The molecule has 0 saturated carbocycles. The lowest BCUT2D eigenvalue weighted by atomic mass is 10.0. The van der Waals surface area contributed by atoms with Crippen LogP contribution in [0.15, 0.2) is 48.5 Å². The zero-order valence-corrected chi connectivity index (χ0v) is 10.5. The maximum Gasteiger partial charge on any atom is 0.194 e. The topological polar surface area (TPSA) is 37.3 Å². The molecule has 0 spiro atoms. The van der Waals surface area contributed by atoms with Crippen LogP contribution in [0.1, 0.15) is 15.9 Å². The van der Waals surface area contributed by atoms with E-state index in [2.05, 4.69) is 22.6 Å². The third-order valence-electron chi connectivity index (χ3n) is 2.23. The molecule has 2 aromatic rings. The number of halogens is 1. The van der Waals surface area contributed by atoms with E-state index in [0.717, 1.165) is 3.57 Å². The van der Waals surface area contributed by atoms with Crippen molar-refractivity contribution in [2.24, 2.45) is 0 Å². The molecule has 0 radical (unpaired) electrons. The second-order valence-electron chi connectivity index (χ2n) is 3.36. The molecule has 0 amide bonds. The van der Waals surface area contributed by atoms with Crippen LogP contribution in [0, 0.1) is 3.57 Å². The van der Waals surface area contributed by atoms with Crippen LogP contribution < -0.4 is 0 Å². The molecule has 0 aromatic heterocycles. The Morgan fingerprint density at radius 2 is 1.75 bits per heavy atom. The molecule has 80 valence electrons. The average molecular weight is 324 g/mol. The van der Waals surface area contributed by atoms with Crippen molar-refractivity contribution in [3.8, 4) is 5.75 Å². The van der Waals surface area contributed by atoms with E-state index in [1.165, 1.54) is 6.07 Å². The molecule has 0 bridgehead atoms. The van der Waals surface area contributed by atoms with Crippen molar-refractivity contribution >= 4 is 28.4 Å². The summed E-state index contributed by atoms with van der Waals surface area (Å²) < 4.78 is 0.837. The van der Waals surface area contributed by atoms with E-state index < -0.39 is 0 Å². The Bertz CT molecular complexity index is 521. The largest absolute Gasteiger partial charge is 0.508 e. The van der Waals surface area contributed by atoms with Crippen LogP contribution in [0.5, 0.6) is 5.75 Å². The summed E-state index contributed by atoms with van der Waals surface area (Å²) in [6.07, 6.45) is 0. The molecule has 0 unspecified atom stereocenters. The lowest BCUT2D eigenvalue weighted by molar-refractivity contribution is 0.103. The fourth-order valence-electron chi connectivity index (χ4n) is 1.43. The Labute approximate surface area is 107 Å². The summed E-state index contributed by atoms with van der Waals surface area (Å²) in [7, 11) is 0. The zero-order valence-electron chi connectivity index (χ0n) is 8.35. The molecule has 0 atom stereocenters. The SMILES string of the molecule is O=C(c1ccccc1)c1cc(O)ccc1I. The van der Waals surface area contributed by atoms with Gasteiger partial charge in [0.1, 0.15) is 5.75 Å². The Hall–Kier alpha value is -1.36. The second-order valence-corrected chi connectivity index (χ2v) is 4.52. The molecular formula is C13H9IO2. The first-order valence-electron chi connectivity index (χ1n) is 4.77. The van der Waals surface area contributed by atoms with Gasteiger partial charge in [0, 0.05) is 14.7 Å². The van der Waals surface area contributed by atoms with Gasteiger partial charge in [0.15, 0.2) is 5.78 Å². The summed E-state index contributed by atoms with van der Waals surface area (Å²) >= 11 is 2.09. The first-order chi connectivity index (χ1) is 7.68.